The minimum atomic E-state index is -2.09. The van der Waals surface area contributed by atoms with E-state index >= 15 is 0 Å². The van der Waals surface area contributed by atoms with E-state index in [9.17, 15) is 15.3 Å². The molecule has 10 heteroatoms. The van der Waals surface area contributed by atoms with Crippen molar-refractivity contribution in [1.82, 2.24) is 0 Å². The van der Waals surface area contributed by atoms with Crippen LogP contribution in [0.4, 0.5) is 0 Å². The predicted molar refractivity (Wildman–Crippen MR) is 142 cm³/mol. The van der Waals surface area contributed by atoms with E-state index in [-0.39, 0.29) is 34.4 Å². The first-order valence-corrected chi connectivity index (χ1v) is 11.0. The summed E-state index contributed by atoms with van der Waals surface area (Å²) in [4.78, 5) is 0. The topological polar surface area (TPSA) is 60.7 Å². The fraction of sp³-hybridized carbons (Fsp3) is 0.333. The van der Waals surface area contributed by atoms with Gasteiger partial charge in [0.15, 0.2) is 0 Å². The summed E-state index contributed by atoms with van der Waals surface area (Å²) in [6.45, 7) is 0. The van der Waals surface area contributed by atoms with Crippen LogP contribution in [0.3, 0.4) is 0 Å². The average molecular weight is 433 g/mol. The number of benzene rings is 2. The molecule has 0 heterocycles. The maximum absolute atomic E-state index is 11.0. The minimum Gasteiger partial charge on any atom is -0.507 e. The van der Waals surface area contributed by atoms with Gasteiger partial charge in [-0.05, 0) is 54.9 Å². The van der Waals surface area contributed by atoms with Crippen molar-refractivity contribution < 1.29 is 15.3 Å². The monoisotopic (exact) mass is 434 g/mol. The molecule has 2 aromatic carbocycles. The zero-order chi connectivity index (χ0) is 25.3. The number of allylic oxidation sites excluding steroid dienone is 2. The summed E-state index contributed by atoms with van der Waals surface area (Å²) in [5, 5.41) is 28.0. The number of hydrogen-bond donors (Lipinski definition) is 3. The van der Waals surface area contributed by atoms with E-state index in [1.54, 1.807) is 18.2 Å². The van der Waals surface area contributed by atoms with Crippen molar-refractivity contribution >= 4 is 54.9 Å². The molecule has 0 spiro atoms. The highest BCUT2D eigenvalue weighted by atomic mass is 16.3. The van der Waals surface area contributed by atoms with Crippen LogP contribution < -0.4 is 0 Å². The van der Waals surface area contributed by atoms with E-state index in [4.69, 9.17) is 54.9 Å². The third kappa shape index (κ3) is 6.13. The molecule has 156 valence electrons. The number of aliphatic hydroxyl groups is 1. The highest BCUT2D eigenvalue weighted by Crippen LogP contribution is 2.51. The van der Waals surface area contributed by atoms with Gasteiger partial charge in [-0.25, -0.2) is 0 Å². The van der Waals surface area contributed by atoms with Gasteiger partial charge < -0.3 is 15.3 Å². The summed E-state index contributed by atoms with van der Waals surface area (Å²) in [7, 11) is 41.1. The van der Waals surface area contributed by atoms with Crippen LogP contribution in [0.1, 0.15) is 35.4 Å². The summed E-state index contributed by atoms with van der Waals surface area (Å²) in [5.41, 5.74) is 2.53. The van der Waals surface area contributed by atoms with Gasteiger partial charge in [0, 0.05) is 16.9 Å². The molecular formula is C24H21B7O3. The predicted octanol–water partition coefficient (Wildman–Crippen LogP) is 1.41. The molecule has 0 aromatic heterocycles. The van der Waals surface area contributed by atoms with Gasteiger partial charge in [0.1, 0.15) is 27.2 Å². The van der Waals surface area contributed by atoms with Gasteiger partial charge in [0.25, 0.3) is 0 Å². The maximum atomic E-state index is 11.0. The van der Waals surface area contributed by atoms with Crippen LogP contribution >= 0.6 is 0 Å². The molecule has 14 radical (unpaired) electrons. The van der Waals surface area contributed by atoms with E-state index < -0.39 is 22.3 Å². The summed E-state index contributed by atoms with van der Waals surface area (Å²) < 4.78 is 0. The second-order valence-corrected chi connectivity index (χ2v) is 9.02. The SMILES string of the molecule is [B]C([B])=C(C1CCC(C([B])([B])O)=CC1c1c(O)cc(CCc2ccccc2)cc1O)C([B])([B])[B]. The fourth-order valence-corrected chi connectivity index (χ4v) is 4.73. The number of aromatic hydroxyl groups is 2. The number of phenolic OH excluding ortho intramolecular Hbond substituents is 2. The molecule has 34 heavy (non-hydrogen) atoms. The first kappa shape index (κ1) is 26.5. The molecule has 2 aromatic rings. The first-order valence-electron chi connectivity index (χ1n) is 11.0. The van der Waals surface area contributed by atoms with Crippen LogP contribution in [0.2, 0.25) is 5.11 Å². The van der Waals surface area contributed by atoms with Crippen LogP contribution in [-0.4, -0.2) is 75.6 Å². The van der Waals surface area contributed by atoms with Gasteiger partial charge in [-0.2, -0.15) is 5.37 Å². The summed E-state index contributed by atoms with van der Waals surface area (Å²) in [5.74, 6) is -1.67. The van der Waals surface area contributed by atoms with E-state index in [1.807, 2.05) is 30.3 Å². The molecule has 0 saturated heterocycles. The van der Waals surface area contributed by atoms with Crippen molar-refractivity contribution in [3.05, 3.63) is 81.7 Å². The van der Waals surface area contributed by atoms with E-state index in [2.05, 4.69) is 0 Å². The number of rotatable bonds is 7. The molecule has 2 unspecified atom stereocenters. The normalized spacial score (nSPS) is 18.8. The van der Waals surface area contributed by atoms with Crippen molar-refractivity contribution in [1.29, 1.82) is 0 Å². The molecule has 0 saturated carbocycles. The Labute approximate surface area is 211 Å². The Kier molecular flexibility index (Phi) is 8.02. The Morgan fingerprint density at radius 1 is 0.882 bits per heavy atom. The van der Waals surface area contributed by atoms with Crippen LogP contribution in [0.25, 0.3) is 0 Å². The van der Waals surface area contributed by atoms with Gasteiger partial charge in [-0.15, -0.1) is 10.7 Å². The largest absolute Gasteiger partial charge is 0.507 e. The lowest BCUT2D eigenvalue weighted by Crippen LogP contribution is -2.36. The highest BCUT2D eigenvalue weighted by Gasteiger charge is 2.37. The smallest absolute Gasteiger partial charge is 0.123 e. The van der Waals surface area contributed by atoms with Crippen LogP contribution in [0.5, 0.6) is 11.5 Å². The van der Waals surface area contributed by atoms with E-state index in [0.29, 0.717) is 18.4 Å². The maximum Gasteiger partial charge on any atom is 0.123 e. The Morgan fingerprint density at radius 3 is 1.94 bits per heavy atom. The average Bonchev–Trinajstić information content (AvgIpc) is 2.71. The third-order valence-electron chi connectivity index (χ3n) is 6.28. The molecule has 0 bridgehead atoms. The van der Waals surface area contributed by atoms with Crippen molar-refractivity contribution in [3.63, 3.8) is 0 Å². The van der Waals surface area contributed by atoms with Crippen LogP contribution in [0, 0.1) is 5.92 Å². The molecule has 1 aliphatic carbocycles. The molecule has 3 N–H and O–H groups in total. The van der Waals surface area contributed by atoms with Gasteiger partial charge in [0.05, 0.1) is 39.2 Å². The fourth-order valence-electron chi connectivity index (χ4n) is 4.73. The Bertz CT molecular complexity index is 1060. The quantitative estimate of drug-likeness (QED) is 0.458. The van der Waals surface area contributed by atoms with E-state index in [1.165, 1.54) is 0 Å². The Balaban J connectivity index is 2.05. The third-order valence-corrected chi connectivity index (χ3v) is 6.28. The van der Waals surface area contributed by atoms with Gasteiger partial charge in [-0.1, -0.05) is 42.0 Å². The van der Waals surface area contributed by atoms with Crippen molar-refractivity contribution in [2.24, 2.45) is 5.92 Å². The van der Waals surface area contributed by atoms with E-state index in [0.717, 1.165) is 17.5 Å². The zero-order valence-electron chi connectivity index (χ0n) is 19.0. The van der Waals surface area contributed by atoms with Crippen molar-refractivity contribution in [2.75, 3.05) is 0 Å². The summed E-state index contributed by atoms with van der Waals surface area (Å²) >= 11 is 0. The lowest BCUT2D eigenvalue weighted by Gasteiger charge is -2.42. The zero-order valence-corrected chi connectivity index (χ0v) is 19.0. The molecular weight excluding hydrogens is 412 g/mol. The highest BCUT2D eigenvalue weighted by molar-refractivity contribution is 6.62. The second-order valence-electron chi connectivity index (χ2n) is 9.02. The number of hydrogen-bond acceptors (Lipinski definition) is 3. The molecule has 3 rings (SSSR count). The molecule has 0 fully saturated rings. The van der Waals surface area contributed by atoms with Crippen LogP contribution in [-0.2, 0) is 12.8 Å². The minimum absolute atomic E-state index is 0.153. The van der Waals surface area contributed by atoms with Gasteiger partial charge in [-0.3, -0.25) is 0 Å². The second kappa shape index (κ2) is 10.3. The molecule has 0 amide bonds. The summed E-state index contributed by atoms with van der Waals surface area (Å²) in [6.07, 6.45) is 3.48. The molecule has 0 aliphatic heterocycles. The molecule has 1 aliphatic rings. The van der Waals surface area contributed by atoms with Crippen LogP contribution in [0.15, 0.2) is 65.1 Å². The van der Waals surface area contributed by atoms with Gasteiger partial charge in [0.2, 0.25) is 0 Å². The standard InChI is InChI=1S/C24H21B7O3/c25-22(26)21(23(27,28)29)16-9-8-15(24(30,31)34)12-17(16)20-18(32)10-14(11-19(20)33)7-6-13-4-2-1-3-5-13/h1-5,10-12,16-17,32-34H,6-9H2. The Hall–Kier alpha value is -2.07. The summed E-state index contributed by atoms with van der Waals surface area (Å²) in [6, 6.07) is 13.1. The number of aryl methyl sites for hydroxylation is 2. The lowest BCUT2D eigenvalue weighted by molar-refractivity contribution is 0.237. The van der Waals surface area contributed by atoms with Crippen molar-refractivity contribution in [2.45, 2.75) is 42.1 Å². The molecule has 3 nitrogen and oxygen atoms in total. The lowest BCUT2D eigenvalue weighted by atomic mass is 9.35. The number of phenols is 2. The Morgan fingerprint density at radius 2 is 1.44 bits per heavy atom. The van der Waals surface area contributed by atoms with Crippen molar-refractivity contribution in [3.8, 4) is 11.5 Å². The first-order chi connectivity index (χ1) is 15.8. The molecule has 2 atom stereocenters. The van der Waals surface area contributed by atoms with Gasteiger partial charge >= 0.3 is 0 Å².